The molecule has 2 atom stereocenters. The summed E-state index contributed by atoms with van der Waals surface area (Å²) >= 11 is 0. The van der Waals surface area contributed by atoms with Crippen molar-refractivity contribution in [3.05, 3.63) is 12.2 Å². The van der Waals surface area contributed by atoms with Crippen LogP contribution in [0.1, 0.15) is 438 Å². The largest absolute Gasteiger partial charge is 0.466 e. The van der Waals surface area contributed by atoms with Gasteiger partial charge in [0.1, 0.15) is 0 Å². The normalized spacial score (nSPS) is 12.5. The van der Waals surface area contributed by atoms with Gasteiger partial charge in [-0.05, 0) is 51.4 Å². The Morgan fingerprint density at radius 1 is 0.329 bits per heavy atom. The fourth-order valence-corrected chi connectivity index (χ4v) is 12.3. The molecule has 0 aliphatic heterocycles. The number of carbonyl (C=O) groups excluding carboxylic acids is 2. The van der Waals surface area contributed by atoms with Gasteiger partial charge in [-0.3, -0.25) is 9.59 Å². The van der Waals surface area contributed by atoms with Crippen molar-refractivity contribution in [1.82, 2.24) is 5.32 Å². The van der Waals surface area contributed by atoms with Crippen molar-refractivity contribution in [2.75, 3.05) is 13.2 Å². The molecule has 0 saturated carbocycles. The molecule has 0 aliphatic rings. The molecule has 0 aromatic heterocycles. The molecule has 0 aliphatic carbocycles. The van der Waals surface area contributed by atoms with E-state index in [4.69, 9.17) is 4.74 Å². The third-order valence-corrected chi connectivity index (χ3v) is 18.1. The lowest BCUT2D eigenvalue weighted by Crippen LogP contribution is -2.45. The van der Waals surface area contributed by atoms with E-state index in [-0.39, 0.29) is 18.5 Å². The van der Waals surface area contributed by atoms with Crippen LogP contribution in [0.25, 0.3) is 0 Å². The van der Waals surface area contributed by atoms with Crippen LogP contribution in [0.3, 0.4) is 0 Å². The molecule has 0 bridgehead atoms. The van der Waals surface area contributed by atoms with Crippen LogP contribution in [0, 0.1) is 0 Å². The molecule has 0 fully saturated rings. The Labute approximate surface area is 514 Å². The molecule has 0 rings (SSSR count). The van der Waals surface area contributed by atoms with Gasteiger partial charge in [-0.1, -0.05) is 386 Å². The monoisotopic (exact) mass is 1160 g/mol. The smallest absolute Gasteiger partial charge is 0.305 e. The first-order chi connectivity index (χ1) is 40.5. The number of allylic oxidation sites excluding steroid dienone is 2. The molecule has 0 saturated heterocycles. The summed E-state index contributed by atoms with van der Waals surface area (Å²) in [6.07, 6.45) is 90.0. The van der Waals surface area contributed by atoms with Crippen LogP contribution in [0.4, 0.5) is 0 Å². The van der Waals surface area contributed by atoms with Gasteiger partial charge < -0.3 is 20.3 Å². The van der Waals surface area contributed by atoms with Gasteiger partial charge in [0.2, 0.25) is 5.91 Å². The van der Waals surface area contributed by atoms with Crippen LogP contribution in [-0.4, -0.2) is 47.4 Å². The maximum absolute atomic E-state index is 12.6. The summed E-state index contributed by atoms with van der Waals surface area (Å²) in [5.74, 6) is -0.00988. The van der Waals surface area contributed by atoms with Crippen molar-refractivity contribution in [3.63, 3.8) is 0 Å². The summed E-state index contributed by atoms with van der Waals surface area (Å²) < 4.78 is 5.51. The van der Waals surface area contributed by atoms with E-state index in [1.54, 1.807) is 0 Å². The van der Waals surface area contributed by atoms with E-state index in [1.165, 1.54) is 360 Å². The van der Waals surface area contributed by atoms with Crippen LogP contribution in [-0.2, 0) is 14.3 Å². The Hall–Kier alpha value is -1.40. The SMILES string of the molecule is CCCCCCCC/C=C\CCCCCCCCCC(=O)OCCCCCCCCCCCCCCCCCCCCCCCCCCCCCCC(=O)NC(CO)C(O)CCCCCCCCCCCCCCCCCCCCCC. The van der Waals surface area contributed by atoms with Crippen molar-refractivity contribution in [2.45, 2.75) is 450 Å². The van der Waals surface area contributed by atoms with E-state index in [0.717, 1.165) is 44.9 Å². The van der Waals surface area contributed by atoms with Gasteiger partial charge in [0.25, 0.3) is 0 Å². The fourth-order valence-electron chi connectivity index (χ4n) is 12.3. The lowest BCUT2D eigenvalue weighted by Gasteiger charge is -2.22. The number of aliphatic hydroxyl groups is 2. The summed E-state index contributed by atoms with van der Waals surface area (Å²) in [5.41, 5.74) is 0. The van der Waals surface area contributed by atoms with Gasteiger partial charge in [-0.15, -0.1) is 0 Å². The number of unbranched alkanes of at least 4 members (excludes halogenated alkanes) is 59. The quantitative estimate of drug-likeness (QED) is 0.0320. The van der Waals surface area contributed by atoms with Crippen LogP contribution >= 0.6 is 0 Å². The number of esters is 1. The third-order valence-electron chi connectivity index (χ3n) is 18.1. The minimum atomic E-state index is -0.662. The number of ether oxygens (including phenoxy) is 1. The zero-order chi connectivity index (χ0) is 59.2. The van der Waals surface area contributed by atoms with E-state index in [2.05, 4.69) is 31.3 Å². The van der Waals surface area contributed by atoms with Gasteiger partial charge in [0, 0.05) is 12.8 Å². The minimum Gasteiger partial charge on any atom is -0.466 e. The molecule has 3 N–H and O–H groups in total. The highest BCUT2D eigenvalue weighted by Gasteiger charge is 2.20. The summed E-state index contributed by atoms with van der Waals surface area (Å²) in [6.45, 7) is 5.00. The Kier molecular flexibility index (Phi) is 70.8. The van der Waals surface area contributed by atoms with E-state index in [1.807, 2.05) is 0 Å². The predicted molar refractivity (Wildman–Crippen MR) is 361 cm³/mol. The Morgan fingerprint density at radius 2 is 0.573 bits per heavy atom. The molecule has 0 spiro atoms. The van der Waals surface area contributed by atoms with Gasteiger partial charge in [-0.25, -0.2) is 0 Å². The van der Waals surface area contributed by atoms with E-state index in [9.17, 15) is 19.8 Å². The summed E-state index contributed by atoms with van der Waals surface area (Å²) in [7, 11) is 0. The first-order valence-electron chi connectivity index (χ1n) is 37.9. The summed E-state index contributed by atoms with van der Waals surface area (Å²) in [5, 5.41) is 23.4. The molecule has 6 nitrogen and oxygen atoms in total. The second-order valence-corrected chi connectivity index (χ2v) is 26.3. The molecule has 0 heterocycles. The minimum absolute atomic E-state index is 0.0168. The van der Waals surface area contributed by atoms with Crippen LogP contribution < -0.4 is 5.32 Å². The second-order valence-electron chi connectivity index (χ2n) is 26.3. The number of amides is 1. The van der Waals surface area contributed by atoms with E-state index in [0.29, 0.717) is 25.9 Å². The molecule has 488 valence electrons. The van der Waals surface area contributed by atoms with E-state index >= 15 is 0 Å². The average molecular weight is 1160 g/mol. The lowest BCUT2D eigenvalue weighted by atomic mass is 10.0. The third kappa shape index (κ3) is 67.7. The van der Waals surface area contributed by atoms with Crippen molar-refractivity contribution < 1.29 is 24.5 Å². The number of aliphatic hydroxyl groups excluding tert-OH is 2. The van der Waals surface area contributed by atoms with Crippen molar-refractivity contribution in [1.29, 1.82) is 0 Å². The van der Waals surface area contributed by atoms with Gasteiger partial charge in [-0.2, -0.15) is 0 Å². The predicted octanol–water partition coefficient (Wildman–Crippen LogP) is 24.7. The molecule has 2 unspecified atom stereocenters. The summed E-state index contributed by atoms with van der Waals surface area (Å²) in [6, 6.07) is -0.539. The molecule has 0 aromatic rings. The zero-order valence-electron chi connectivity index (χ0n) is 56.0. The number of carbonyl (C=O) groups is 2. The molecule has 1 amide bonds. The number of nitrogens with one attached hydrogen (secondary N) is 1. The molecular formula is C76H149NO5. The molecule has 0 aromatic carbocycles. The Bertz CT molecular complexity index is 1240. The molecular weight excluding hydrogens is 1010 g/mol. The highest BCUT2D eigenvalue weighted by atomic mass is 16.5. The molecule has 0 radical (unpaired) electrons. The first-order valence-corrected chi connectivity index (χ1v) is 37.9. The topological polar surface area (TPSA) is 95.9 Å². The van der Waals surface area contributed by atoms with Gasteiger partial charge in [0.15, 0.2) is 0 Å². The molecule has 6 heteroatoms. The maximum Gasteiger partial charge on any atom is 0.305 e. The van der Waals surface area contributed by atoms with Crippen LogP contribution in [0.5, 0.6) is 0 Å². The van der Waals surface area contributed by atoms with Crippen molar-refractivity contribution >= 4 is 11.9 Å². The summed E-state index contributed by atoms with van der Waals surface area (Å²) in [4.78, 5) is 24.7. The number of rotatable bonds is 72. The molecule has 82 heavy (non-hydrogen) atoms. The average Bonchev–Trinajstić information content (AvgIpc) is 3.48. The fraction of sp³-hybridized carbons (Fsp3) is 0.947. The first kappa shape index (κ1) is 80.6. The zero-order valence-corrected chi connectivity index (χ0v) is 56.0. The standard InChI is InChI=1S/C76H149NO5/c1-3-5-7-9-11-13-15-17-19-21-22-33-37-40-44-48-52-56-60-64-68-74(79)73(72-78)77-75(80)69-65-61-57-53-49-45-41-38-34-31-29-27-25-23-24-26-28-30-32-35-39-43-47-51-55-59-63-67-71-82-76(81)70-66-62-58-54-50-46-42-36-20-18-16-14-12-10-8-6-4-2/h18,20,73-74,78-79H,3-17,19,21-72H2,1-2H3,(H,77,80)/b20-18-. The van der Waals surface area contributed by atoms with Gasteiger partial charge >= 0.3 is 5.97 Å². The second kappa shape index (κ2) is 72.1. The lowest BCUT2D eigenvalue weighted by molar-refractivity contribution is -0.143. The number of hydrogen-bond donors (Lipinski definition) is 3. The van der Waals surface area contributed by atoms with E-state index < -0.39 is 12.1 Å². The van der Waals surface area contributed by atoms with Crippen molar-refractivity contribution in [3.8, 4) is 0 Å². The van der Waals surface area contributed by atoms with Crippen LogP contribution in [0.15, 0.2) is 12.2 Å². The highest BCUT2D eigenvalue weighted by molar-refractivity contribution is 5.76. The van der Waals surface area contributed by atoms with Crippen molar-refractivity contribution in [2.24, 2.45) is 0 Å². The highest BCUT2D eigenvalue weighted by Crippen LogP contribution is 2.20. The number of hydrogen-bond acceptors (Lipinski definition) is 5. The van der Waals surface area contributed by atoms with Crippen LogP contribution in [0.2, 0.25) is 0 Å². The maximum atomic E-state index is 12.6. The Balaban J connectivity index is 3.33. The Morgan fingerprint density at radius 3 is 0.866 bits per heavy atom. The van der Waals surface area contributed by atoms with Gasteiger partial charge in [0.05, 0.1) is 25.4 Å².